The number of carbonyl (C=O) groups is 1. The van der Waals surface area contributed by atoms with Crippen molar-refractivity contribution in [2.24, 2.45) is 0 Å². The Labute approximate surface area is 197 Å². The van der Waals surface area contributed by atoms with E-state index in [1.54, 1.807) is 12.1 Å². The van der Waals surface area contributed by atoms with Crippen molar-refractivity contribution in [1.82, 2.24) is 30.0 Å². The zero-order valence-electron chi connectivity index (χ0n) is 18.7. The van der Waals surface area contributed by atoms with Gasteiger partial charge in [-0.15, -0.1) is 14.8 Å². The van der Waals surface area contributed by atoms with E-state index >= 15 is 0 Å². The molecule has 1 N–H and O–H groups in total. The zero-order chi connectivity index (χ0) is 23.2. The second-order valence-electron chi connectivity index (χ2n) is 8.02. The van der Waals surface area contributed by atoms with Gasteiger partial charge < -0.3 is 14.8 Å². The smallest absolute Gasteiger partial charge is 0.324 e. The van der Waals surface area contributed by atoms with Crippen LogP contribution in [0.5, 0.6) is 5.88 Å². The molecule has 0 spiro atoms. The monoisotopic (exact) mass is 458 g/mol. The largest absolute Gasteiger partial charge is 0.473 e. The molecule has 174 valence electrons. The van der Waals surface area contributed by atoms with E-state index in [4.69, 9.17) is 9.47 Å². The van der Waals surface area contributed by atoms with Crippen molar-refractivity contribution < 1.29 is 14.3 Å². The number of nitrogens with zero attached hydrogens (tertiary/aromatic N) is 5. The maximum atomic E-state index is 12.8. The second-order valence-corrected chi connectivity index (χ2v) is 8.02. The van der Waals surface area contributed by atoms with E-state index in [-0.39, 0.29) is 25.2 Å². The standard InChI is InChI=1S/C25H26N6O3/c32-25(34-16-15-33-23-12-11-22-27-18-28-31(22)29-23)21-17-30(14-13-26-21)24(19-7-3-1-4-8-19)20-9-5-2-6-10-20/h1-12,18,21,24,26H,13-17H2. The highest BCUT2D eigenvalue weighted by Gasteiger charge is 2.31. The Bertz CT molecular complexity index is 1180. The molecule has 9 heteroatoms. The minimum Gasteiger partial charge on any atom is -0.473 e. The van der Waals surface area contributed by atoms with Crippen molar-refractivity contribution in [2.75, 3.05) is 32.8 Å². The molecule has 4 aromatic rings. The van der Waals surface area contributed by atoms with Crippen LogP contribution < -0.4 is 10.1 Å². The number of fused-ring (bicyclic) bond motifs is 1. The number of piperazine rings is 1. The first-order valence-corrected chi connectivity index (χ1v) is 11.3. The van der Waals surface area contributed by atoms with Gasteiger partial charge in [0.25, 0.3) is 0 Å². The maximum absolute atomic E-state index is 12.8. The van der Waals surface area contributed by atoms with Crippen LogP contribution in [0, 0.1) is 0 Å². The lowest BCUT2D eigenvalue weighted by Crippen LogP contribution is -2.55. The predicted molar refractivity (Wildman–Crippen MR) is 125 cm³/mol. The number of nitrogens with one attached hydrogen (secondary N) is 1. The number of hydrogen-bond acceptors (Lipinski definition) is 8. The van der Waals surface area contributed by atoms with Crippen LogP contribution in [-0.4, -0.2) is 69.6 Å². The van der Waals surface area contributed by atoms with Gasteiger partial charge in [-0.3, -0.25) is 9.69 Å². The predicted octanol–water partition coefficient (Wildman–Crippen LogP) is 2.11. The molecule has 1 aliphatic rings. The topological polar surface area (TPSA) is 93.9 Å². The Morgan fingerprint density at radius 3 is 2.47 bits per heavy atom. The highest BCUT2D eigenvalue weighted by atomic mass is 16.6. The summed E-state index contributed by atoms with van der Waals surface area (Å²) in [7, 11) is 0. The third-order valence-corrected chi connectivity index (χ3v) is 5.79. The van der Waals surface area contributed by atoms with Crippen LogP contribution in [0.2, 0.25) is 0 Å². The molecule has 0 aliphatic carbocycles. The summed E-state index contributed by atoms with van der Waals surface area (Å²) in [4.78, 5) is 19.2. The van der Waals surface area contributed by atoms with Gasteiger partial charge in [0.05, 0.1) is 6.04 Å². The summed E-state index contributed by atoms with van der Waals surface area (Å²) in [5.41, 5.74) is 3.04. The fraction of sp³-hybridized carbons (Fsp3) is 0.280. The normalized spacial score (nSPS) is 16.6. The molecule has 2 aromatic carbocycles. The lowest BCUT2D eigenvalue weighted by molar-refractivity contribution is -0.148. The first kappa shape index (κ1) is 22.0. The van der Waals surface area contributed by atoms with Crippen LogP contribution in [-0.2, 0) is 9.53 Å². The van der Waals surface area contributed by atoms with Crippen molar-refractivity contribution in [3.63, 3.8) is 0 Å². The molecular formula is C25H26N6O3. The number of benzene rings is 2. The van der Waals surface area contributed by atoms with E-state index in [2.05, 4.69) is 73.9 Å². The molecule has 1 atom stereocenters. The summed E-state index contributed by atoms with van der Waals surface area (Å²) in [6, 6.07) is 23.9. The molecule has 3 heterocycles. The van der Waals surface area contributed by atoms with Crippen LogP contribution in [0.3, 0.4) is 0 Å². The van der Waals surface area contributed by atoms with Gasteiger partial charge in [-0.1, -0.05) is 60.7 Å². The molecule has 0 saturated carbocycles. The van der Waals surface area contributed by atoms with E-state index in [0.29, 0.717) is 24.6 Å². The summed E-state index contributed by atoms with van der Waals surface area (Å²) < 4.78 is 12.5. The van der Waals surface area contributed by atoms with Gasteiger partial charge in [0.15, 0.2) is 5.65 Å². The van der Waals surface area contributed by atoms with Crippen molar-refractivity contribution >= 4 is 11.6 Å². The summed E-state index contributed by atoms with van der Waals surface area (Å²) in [6.07, 6.45) is 1.43. The molecule has 1 aliphatic heterocycles. The highest BCUT2D eigenvalue weighted by molar-refractivity contribution is 5.76. The molecule has 0 radical (unpaired) electrons. The van der Waals surface area contributed by atoms with Gasteiger partial charge in [-0.2, -0.15) is 0 Å². The number of rotatable bonds is 8. The second kappa shape index (κ2) is 10.4. The minimum absolute atomic E-state index is 0.0703. The minimum atomic E-state index is -0.409. The van der Waals surface area contributed by atoms with Crippen molar-refractivity contribution in [1.29, 1.82) is 0 Å². The highest BCUT2D eigenvalue weighted by Crippen LogP contribution is 2.29. The molecule has 0 amide bonds. The molecule has 0 bridgehead atoms. The summed E-state index contributed by atoms with van der Waals surface area (Å²) in [5.74, 6) is 0.109. The average Bonchev–Trinajstić information content (AvgIpc) is 3.36. The quantitative estimate of drug-likeness (QED) is 0.317. The van der Waals surface area contributed by atoms with E-state index in [1.165, 1.54) is 22.1 Å². The van der Waals surface area contributed by atoms with Gasteiger partial charge in [0.2, 0.25) is 5.88 Å². The zero-order valence-corrected chi connectivity index (χ0v) is 18.7. The number of carbonyl (C=O) groups excluding carboxylic acids is 1. The lowest BCUT2D eigenvalue weighted by Gasteiger charge is -2.38. The molecule has 9 nitrogen and oxygen atoms in total. The van der Waals surface area contributed by atoms with Crippen molar-refractivity contribution in [3.05, 3.63) is 90.3 Å². The van der Waals surface area contributed by atoms with Gasteiger partial charge in [0, 0.05) is 25.7 Å². The van der Waals surface area contributed by atoms with Crippen LogP contribution in [0.15, 0.2) is 79.1 Å². The average molecular weight is 459 g/mol. The Morgan fingerprint density at radius 2 is 1.74 bits per heavy atom. The van der Waals surface area contributed by atoms with E-state index in [9.17, 15) is 4.79 Å². The fourth-order valence-corrected chi connectivity index (χ4v) is 4.22. The van der Waals surface area contributed by atoms with Crippen LogP contribution in [0.4, 0.5) is 0 Å². The number of hydrogen-bond donors (Lipinski definition) is 1. The lowest BCUT2D eigenvalue weighted by atomic mass is 9.96. The SMILES string of the molecule is O=C(OCCOc1ccc2ncnn2n1)C1CN(C(c2ccccc2)c2ccccc2)CCN1. The summed E-state index contributed by atoms with van der Waals surface area (Å²) in [5, 5.41) is 11.5. The Kier molecular flexibility index (Phi) is 6.73. The number of esters is 1. The van der Waals surface area contributed by atoms with Crippen molar-refractivity contribution in [3.8, 4) is 5.88 Å². The van der Waals surface area contributed by atoms with Gasteiger partial charge in [-0.05, 0) is 17.2 Å². The third-order valence-electron chi connectivity index (χ3n) is 5.79. The molecule has 2 aromatic heterocycles. The van der Waals surface area contributed by atoms with Gasteiger partial charge >= 0.3 is 5.97 Å². The van der Waals surface area contributed by atoms with Crippen LogP contribution in [0.1, 0.15) is 17.2 Å². The fourth-order valence-electron chi connectivity index (χ4n) is 4.22. The number of ether oxygens (including phenoxy) is 2. The van der Waals surface area contributed by atoms with E-state index in [1.807, 2.05) is 12.1 Å². The Morgan fingerprint density at radius 1 is 1.00 bits per heavy atom. The van der Waals surface area contributed by atoms with Crippen molar-refractivity contribution in [2.45, 2.75) is 12.1 Å². The summed E-state index contributed by atoms with van der Waals surface area (Å²) in [6.45, 7) is 2.42. The van der Waals surface area contributed by atoms with Crippen LogP contribution in [0.25, 0.3) is 5.65 Å². The molecule has 34 heavy (non-hydrogen) atoms. The molecule has 1 unspecified atom stereocenters. The van der Waals surface area contributed by atoms with Gasteiger partial charge in [0.1, 0.15) is 25.6 Å². The number of aromatic nitrogens is 4. The molecule has 5 rings (SSSR count). The molecular weight excluding hydrogens is 432 g/mol. The Balaban J connectivity index is 1.18. The molecule has 1 fully saturated rings. The first-order chi connectivity index (χ1) is 16.8. The van der Waals surface area contributed by atoms with Crippen LogP contribution >= 0.6 is 0 Å². The van der Waals surface area contributed by atoms with E-state index in [0.717, 1.165) is 6.54 Å². The third kappa shape index (κ3) is 5.05. The Hall–Kier alpha value is -3.82. The molecule has 1 saturated heterocycles. The van der Waals surface area contributed by atoms with Gasteiger partial charge in [-0.25, -0.2) is 4.98 Å². The van der Waals surface area contributed by atoms with E-state index < -0.39 is 6.04 Å². The maximum Gasteiger partial charge on any atom is 0.324 e. The summed E-state index contributed by atoms with van der Waals surface area (Å²) >= 11 is 0. The first-order valence-electron chi connectivity index (χ1n) is 11.3.